The van der Waals surface area contributed by atoms with E-state index in [1.807, 2.05) is 13.0 Å². The van der Waals surface area contributed by atoms with Crippen LogP contribution in [0.4, 0.5) is 0 Å². The van der Waals surface area contributed by atoms with E-state index in [4.69, 9.17) is 9.94 Å². The molecular weight excluding hydrogens is 486 g/mol. The molecule has 0 radical (unpaired) electrons. The fraction of sp³-hybridized carbons (Fsp3) is 0.800. The van der Waals surface area contributed by atoms with Crippen LogP contribution in [0, 0.1) is 5.41 Å². The molecule has 8 nitrogen and oxygen atoms in total. The third-order valence-electron chi connectivity index (χ3n) is 7.04. The van der Waals surface area contributed by atoms with E-state index in [0.29, 0.717) is 25.7 Å². The standard InChI is InChI=1S/C30H53NO7/c1-3-5-6-7-8-9-11-14-17-20-24-30(28(35)36,29(37)38-31-26(32)22-4-2)25-21-18-15-12-10-13-16-19-23-27(33)34/h3H,1,4-25H2,2H3,(H,31,32)(H,33,34)(H,35,36)/t30-/m0/s1. The second-order valence-corrected chi connectivity index (χ2v) is 10.4. The Morgan fingerprint density at radius 1 is 0.711 bits per heavy atom. The van der Waals surface area contributed by atoms with Crippen molar-refractivity contribution in [2.24, 2.45) is 5.41 Å². The molecule has 0 aromatic heterocycles. The van der Waals surface area contributed by atoms with Crippen molar-refractivity contribution >= 4 is 23.8 Å². The lowest BCUT2D eigenvalue weighted by Crippen LogP contribution is -2.44. The van der Waals surface area contributed by atoms with Gasteiger partial charge in [0, 0.05) is 12.8 Å². The Kier molecular flexibility index (Phi) is 22.2. The predicted octanol–water partition coefficient (Wildman–Crippen LogP) is 7.50. The maximum atomic E-state index is 13.0. The summed E-state index contributed by atoms with van der Waals surface area (Å²) >= 11 is 0. The molecule has 1 atom stereocenters. The Hall–Kier alpha value is -2.38. The van der Waals surface area contributed by atoms with Gasteiger partial charge in [-0.15, -0.1) is 6.58 Å². The van der Waals surface area contributed by atoms with E-state index in [0.717, 1.165) is 70.6 Å². The number of carboxylic acid groups (broad SMARTS) is 2. The van der Waals surface area contributed by atoms with Gasteiger partial charge in [0.05, 0.1) is 0 Å². The van der Waals surface area contributed by atoms with Crippen LogP contribution in [0.2, 0.25) is 0 Å². The Morgan fingerprint density at radius 3 is 1.58 bits per heavy atom. The first-order valence-corrected chi connectivity index (χ1v) is 14.9. The van der Waals surface area contributed by atoms with Crippen LogP contribution in [0.3, 0.4) is 0 Å². The number of unbranched alkanes of at least 4 members (excludes halogenated alkanes) is 15. The molecule has 0 rings (SSSR count). The van der Waals surface area contributed by atoms with E-state index in [1.54, 1.807) is 0 Å². The molecule has 1 amide bonds. The van der Waals surface area contributed by atoms with Gasteiger partial charge in [-0.2, -0.15) is 5.48 Å². The predicted molar refractivity (Wildman–Crippen MR) is 149 cm³/mol. The third kappa shape index (κ3) is 18.0. The molecule has 0 heterocycles. The van der Waals surface area contributed by atoms with E-state index < -0.39 is 29.2 Å². The molecule has 0 unspecified atom stereocenters. The summed E-state index contributed by atoms with van der Waals surface area (Å²) in [7, 11) is 0. The zero-order valence-corrected chi connectivity index (χ0v) is 23.8. The summed E-state index contributed by atoms with van der Waals surface area (Å²) in [6, 6.07) is 0. The average Bonchev–Trinajstić information content (AvgIpc) is 2.88. The van der Waals surface area contributed by atoms with Crippen LogP contribution in [0.25, 0.3) is 0 Å². The Bertz CT molecular complexity index is 680. The van der Waals surface area contributed by atoms with E-state index in [-0.39, 0.29) is 25.7 Å². The number of carboxylic acids is 2. The van der Waals surface area contributed by atoms with Crippen molar-refractivity contribution in [1.29, 1.82) is 0 Å². The van der Waals surface area contributed by atoms with Gasteiger partial charge in [-0.05, 0) is 38.5 Å². The lowest BCUT2D eigenvalue weighted by atomic mass is 9.77. The van der Waals surface area contributed by atoms with Gasteiger partial charge < -0.3 is 15.1 Å². The fourth-order valence-electron chi connectivity index (χ4n) is 4.65. The van der Waals surface area contributed by atoms with Crippen LogP contribution in [0.5, 0.6) is 0 Å². The first-order chi connectivity index (χ1) is 18.3. The van der Waals surface area contributed by atoms with E-state index in [2.05, 4.69) is 12.1 Å². The molecule has 220 valence electrons. The number of amides is 1. The van der Waals surface area contributed by atoms with Crippen LogP contribution in [0.1, 0.15) is 148 Å². The first kappa shape index (κ1) is 35.6. The first-order valence-electron chi connectivity index (χ1n) is 14.9. The number of carbonyl (C=O) groups is 4. The van der Waals surface area contributed by atoms with Gasteiger partial charge in [-0.1, -0.05) is 103 Å². The highest BCUT2D eigenvalue weighted by Gasteiger charge is 2.47. The third-order valence-corrected chi connectivity index (χ3v) is 7.04. The van der Waals surface area contributed by atoms with Gasteiger partial charge in [-0.3, -0.25) is 14.4 Å². The smallest absolute Gasteiger partial charge is 0.349 e. The molecule has 0 saturated carbocycles. The lowest BCUT2D eigenvalue weighted by molar-refractivity contribution is -0.178. The number of rotatable bonds is 26. The molecule has 0 bridgehead atoms. The largest absolute Gasteiger partial charge is 0.481 e. The van der Waals surface area contributed by atoms with Crippen molar-refractivity contribution in [3.8, 4) is 0 Å². The number of hydrogen-bond acceptors (Lipinski definition) is 5. The number of carbonyl (C=O) groups excluding carboxylic acids is 2. The molecule has 0 aromatic rings. The highest BCUT2D eigenvalue weighted by molar-refractivity contribution is 5.99. The second kappa shape index (κ2) is 23.7. The summed E-state index contributed by atoms with van der Waals surface area (Å²) in [4.78, 5) is 52.7. The number of allylic oxidation sites excluding steroid dienone is 1. The molecule has 0 spiro atoms. The van der Waals surface area contributed by atoms with Crippen molar-refractivity contribution < 1.29 is 34.2 Å². The molecule has 8 heteroatoms. The molecule has 0 aromatic carbocycles. The number of aliphatic carboxylic acids is 2. The lowest BCUT2D eigenvalue weighted by Gasteiger charge is -2.27. The van der Waals surface area contributed by atoms with Gasteiger partial charge in [0.1, 0.15) is 0 Å². The highest BCUT2D eigenvalue weighted by Crippen LogP contribution is 2.34. The fourth-order valence-corrected chi connectivity index (χ4v) is 4.65. The Labute approximate surface area is 229 Å². The molecule has 0 aliphatic rings. The van der Waals surface area contributed by atoms with Gasteiger partial charge in [0.25, 0.3) is 5.91 Å². The minimum Gasteiger partial charge on any atom is -0.481 e. The zero-order valence-electron chi connectivity index (χ0n) is 23.8. The molecule has 0 aliphatic carbocycles. The monoisotopic (exact) mass is 539 g/mol. The number of hydrogen-bond donors (Lipinski definition) is 3. The average molecular weight is 540 g/mol. The molecule has 38 heavy (non-hydrogen) atoms. The van der Waals surface area contributed by atoms with E-state index in [9.17, 15) is 24.3 Å². The van der Waals surface area contributed by atoms with Gasteiger partial charge >= 0.3 is 17.9 Å². The van der Waals surface area contributed by atoms with Crippen LogP contribution in [-0.4, -0.2) is 34.0 Å². The maximum Gasteiger partial charge on any atom is 0.349 e. The van der Waals surface area contributed by atoms with Crippen LogP contribution in [-0.2, 0) is 24.0 Å². The quantitative estimate of drug-likeness (QED) is 0.0449. The maximum absolute atomic E-state index is 13.0. The van der Waals surface area contributed by atoms with Crippen molar-refractivity contribution in [2.45, 2.75) is 148 Å². The van der Waals surface area contributed by atoms with Crippen LogP contribution >= 0.6 is 0 Å². The Balaban J connectivity index is 4.65. The molecule has 0 saturated heterocycles. The summed E-state index contributed by atoms with van der Waals surface area (Å²) in [5.74, 6) is -3.26. The Morgan fingerprint density at radius 2 is 1.16 bits per heavy atom. The molecule has 3 N–H and O–H groups in total. The number of nitrogens with one attached hydrogen (secondary N) is 1. The van der Waals surface area contributed by atoms with Crippen molar-refractivity contribution in [3.63, 3.8) is 0 Å². The minimum absolute atomic E-state index is 0.187. The van der Waals surface area contributed by atoms with Crippen molar-refractivity contribution in [2.75, 3.05) is 0 Å². The normalized spacial score (nSPS) is 12.4. The van der Waals surface area contributed by atoms with Crippen molar-refractivity contribution in [1.82, 2.24) is 5.48 Å². The summed E-state index contributed by atoms with van der Waals surface area (Å²) in [5.41, 5.74) is 0.478. The topological polar surface area (TPSA) is 130 Å². The van der Waals surface area contributed by atoms with Gasteiger partial charge in [0.15, 0.2) is 5.41 Å². The minimum atomic E-state index is -1.65. The van der Waals surface area contributed by atoms with Crippen LogP contribution in [0.15, 0.2) is 12.7 Å². The zero-order chi connectivity index (χ0) is 28.5. The molecule has 0 aliphatic heterocycles. The van der Waals surface area contributed by atoms with Crippen LogP contribution < -0.4 is 5.48 Å². The molecule has 0 fully saturated rings. The van der Waals surface area contributed by atoms with Gasteiger partial charge in [0.2, 0.25) is 0 Å². The van der Waals surface area contributed by atoms with E-state index >= 15 is 0 Å². The van der Waals surface area contributed by atoms with Crippen molar-refractivity contribution in [3.05, 3.63) is 12.7 Å². The second-order valence-electron chi connectivity index (χ2n) is 10.4. The SMILES string of the molecule is C=CCCCCCCCCCC[C@](CCCCCCCCCCC(=O)O)(C(=O)O)C(=O)ONC(=O)CCC. The molecular formula is C30H53NO7. The summed E-state index contributed by atoms with van der Waals surface area (Å²) < 4.78 is 0. The summed E-state index contributed by atoms with van der Waals surface area (Å²) in [5, 5.41) is 18.8. The van der Waals surface area contributed by atoms with Gasteiger partial charge in [-0.25, -0.2) is 4.79 Å². The summed E-state index contributed by atoms with van der Waals surface area (Å²) in [6.45, 7) is 5.57. The summed E-state index contributed by atoms with van der Waals surface area (Å²) in [6.07, 6.45) is 19.7. The highest BCUT2D eigenvalue weighted by atomic mass is 16.7. The number of hydroxylamine groups is 1. The van der Waals surface area contributed by atoms with E-state index in [1.165, 1.54) is 19.3 Å².